The van der Waals surface area contributed by atoms with E-state index in [1.807, 2.05) is 19.9 Å². The second-order valence-electron chi connectivity index (χ2n) is 10.2. The van der Waals surface area contributed by atoms with Crippen molar-refractivity contribution in [3.63, 3.8) is 0 Å². The highest BCUT2D eigenvalue weighted by Crippen LogP contribution is 2.24. The number of benzene rings is 3. The summed E-state index contributed by atoms with van der Waals surface area (Å²) in [6, 6.07) is 18.9. The Kier molecular flexibility index (Phi) is 11.0. The van der Waals surface area contributed by atoms with Crippen LogP contribution in [0.2, 0.25) is 0 Å². The summed E-state index contributed by atoms with van der Waals surface area (Å²) in [5, 5.41) is 2.85. The molecule has 0 saturated heterocycles. The number of para-hydroxylation sites is 1. The van der Waals surface area contributed by atoms with Crippen molar-refractivity contribution in [3.8, 4) is 0 Å². The van der Waals surface area contributed by atoms with Gasteiger partial charge in [-0.1, -0.05) is 74.5 Å². The number of hydrogen-bond donors (Lipinski definition) is 1. The second kappa shape index (κ2) is 14.2. The molecule has 8 nitrogen and oxygen atoms in total. The number of halogens is 2. The minimum atomic E-state index is -4.35. The first-order valence-electron chi connectivity index (χ1n) is 13.2. The van der Waals surface area contributed by atoms with Gasteiger partial charge in [0, 0.05) is 39.2 Å². The van der Waals surface area contributed by atoms with Crippen LogP contribution in [0.25, 0.3) is 0 Å². The lowest BCUT2D eigenvalue weighted by molar-refractivity contribution is -0.140. The third-order valence-corrected chi connectivity index (χ3v) is 8.20. The van der Waals surface area contributed by atoms with Crippen LogP contribution in [0.1, 0.15) is 25.0 Å². The summed E-state index contributed by atoms with van der Waals surface area (Å²) in [7, 11) is -1.81. The highest BCUT2D eigenvalue weighted by Gasteiger charge is 2.35. The summed E-state index contributed by atoms with van der Waals surface area (Å²) in [6.07, 6.45) is 0.0884. The quantitative estimate of drug-likeness (QED) is 0.328. The fourth-order valence-electron chi connectivity index (χ4n) is 4.14. The van der Waals surface area contributed by atoms with Crippen LogP contribution in [-0.2, 0) is 32.8 Å². The number of amides is 2. The molecule has 0 aliphatic rings. The molecule has 0 unspecified atom stereocenters. The Balaban J connectivity index is 2.11. The van der Waals surface area contributed by atoms with Gasteiger partial charge in [-0.05, 0) is 29.7 Å². The minimum Gasteiger partial charge on any atom is -0.354 e. The Morgan fingerprint density at radius 1 is 0.854 bits per heavy atom. The Bertz CT molecular complexity index is 1440. The van der Waals surface area contributed by atoms with Crippen molar-refractivity contribution in [1.29, 1.82) is 0 Å². The molecule has 3 aromatic carbocycles. The summed E-state index contributed by atoms with van der Waals surface area (Å²) < 4.78 is 57.8. The van der Waals surface area contributed by atoms with E-state index in [-0.39, 0.29) is 30.1 Å². The zero-order valence-electron chi connectivity index (χ0n) is 23.6. The van der Waals surface area contributed by atoms with Crippen molar-refractivity contribution in [2.75, 3.05) is 31.5 Å². The number of nitrogens with zero attached hydrogens (tertiary/aromatic N) is 3. The predicted octanol–water partition coefficient (Wildman–Crippen LogP) is 3.99. The van der Waals surface area contributed by atoms with Crippen LogP contribution >= 0.6 is 0 Å². The molecule has 11 heteroatoms. The Morgan fingerprint density at radius 2 is 1.44 bits per heavy atom. The molecule has 0 fully saturated rings. The van der Waals surface area contributed by atoms with Gasteiger partial charge in [-0.15, -0.1) is 0 Å². The molecule has 220 valence electrons. The number of hydrogen-bond acceptors (Lipinski definition) is 4. The van der Waals surface area contributed by atoms with Gasteiger partial charge in [0.25, 0.3) is 0 Å². The zero-order chi connectivity index (χ0) is 30.2. The van der Waals surface area contributed by atoms with Crippen LogP contribution in [0.3, 0.4) is 0 Å². The second-order valence-corrected chi connectivity index (χ2v) is 12.3. The van der Waals surface area contributed by atoms with E-state index in [4.69, 9.17) is 0 Å². The van der Waals surface area contributed by atoms with Crippen LogP contribution in [0, 0.1) is 17.6 Å². The van der Waals surface area contributed by atoms with Gasteiger partial charge in [0.15, 0.2) is 0 Å². The lowest BCUT2D eigenvalue weighted by atomic mass is 10.0. The van der Waals surface area contributed by atoms with Crippen LogP contribution in [0.4, 0.5) is 14.5 Å². The molecule has 1 N–H and O–H groups in total. The van der Waals surface area contributed by atoms with E-state index in [0.717, 1.165) is 15.9 Å². The van der Waals surface area contributed by atoms with Crippen molar-refractivity contribution >= 4 is 27.7 Å². The number of anilines is 1. The topological polar surface area (TPSA) is 90.0 Å². The first kappa shape index (κ1) is 31.7. The van der Waals surface area contributed by atoms with Gasteiger partial charge in [-0.25, -0.2) is 13.1 Å². The zero-order valence-corrected chi connectivity index (χ0v) is 24.4. The molecule has 41 heavy (non-hydrogen) atoms. The normalized spacial score (nSPS) is 12.3. The molecule has 0 aliphatic carbocycles. The highest BCUT2D eigenvalue weighted by atomic mass is 32.2. The van der Waals surface area contributed by atoms with Gasteiger partial charge in [0.1, 0.15) is 24.2 Å². The highest BCUT2D eigenvalue weighted by molar-refractivity contribution is 7.90. The molecule has 0 heterocycles. The monoisotopic (exact) mass is 586 g/mol. The molecule has 0 aliphatic heterocycles. The van der Waals surface area contributed by atoms with E-state index in [2.05, 4.69) is 5.32 Å². The van der Waals surface area contributed by atoms with Crippen molar-refractivity contribution in [2.24, 2.45) is 5.92 Å². The first-order chi connectivity index (χ1) is 19.4. The Labute approximate surface area is 240 Å². The summed E-state index contributed by atoms with van der Waals surface area (Å²) in [4.78, 5) is 28.8. The average Bonchev–Trinajstić information content (AvgIpc) is 2.94. The van der Waals surface area contributed by atoms with Crippen LogP contribution in [-0.4, -0.2) is 62.7 Å². The average molecular weight is 587 g/mol. The van der Waals surface area contributed by atoms with Crippen molar-refractivity contribution < 1.29 is 26.8 Å². The maximum Gasteiger partial charge on any atom is 0.304 e. The predicted molar refractivity (Wildman–Crippen MR) is 155 cm³/mol. The summed E-state index contributed by atoms with van der Waals surface area (Å²) in [5.74, 6) is -2.59. The largest absolute Gasteiger partial charge is 0.354 e. The van der Waals surface area contributed by atoms with E-state index in [1.54, 1.807) is 30.3 Å². The third-order valence-electron chi connectivity index (χ3n) is 6.39. The van der Waals surface area contributed by atoms with Crippen LogP contribution in [0.5, 0.6) is 0 Å². The van der Waals surface area contributed by atoms with E-state index in [0.29, 0.717) is 10.8 Å². The van der Waals surface area contributed by atoms with E-state index >= 15 is 0 Å². The van der Waals surface area contributed by atoms with Gasteiger partial charge in [-0.3, -0.25) is 9.59 Å². The van der Waals surface area contributed by atoms with E-state index < -0.39 is 46.2 Å². The number of nitrogens with one attached hydrogen (secondary N) is 1. The smallest absolute Gasteiger partial charge is 0.304 e. The van der Waals surface area contributed by atoms with Crippen molar-refractivity contribution in [1.82, 2.24) is 14.5 Å². The van der Waals surface area contributed by atoms with Crippen LogP contribution < -0.4 is 9.62 Å². The summed E-state index contributed by atoms with van der Waals surface area (Å²) >= 11 is 0. The minimum absolute atomic E-state index is 0.0884. The van der Waals surface area contributed by atoms with E-state index in [9.17, 15) is 26.8 Å². The number of carbonyl (C=O) groups excluding carboxylic acids is 2. The molecule has 2 amide bonds. The fraction of sp³-hybridized carbons (Fsp3) is 0.333. The molecule has 0 aromatic heterocycles. The number of rotatable bonds is 13. The molecule has 3 rings (SSSR count). The third kappa shape index (κ3) is 8.34. The van der Waals surface area contributed by atoms with Gasteiger partial charge >= 0.3 is 10.2 Å². The molecule has 0 bridgehead atoms. The maximum atomic E-state index is 14.9. The Hall–Kier alpha value is -3.83. The van der Waals surface area contributed by atoms with Gasteiger partial charge in [-0.2, -0.15) is 12.7 Å². The van der Waals surface area contributed by atoms with Crippen LogP contribution in [0.15, 0.2) is 78.9 Å². The molecule has 0 spiro atoms. The molecular formula is C30H36F2N4O4S. The van der Waals surface area contributed by atoms with Crippen molar-refractivity contribution in [3.05, 3.63) is 102 Å². The van der Waals surface area contributed by atoms with Gasteiger partial charge in [0.05, 0.1) is 5.69 Å². The van der Waals surface area contributed by atoms with Gasteiger partial charge < -0.3 is 10.2 Å². The molecular weight excluding hydrogens is 550 g/mol. The standard InChI is InChI=1S/C30H36F2N4O4S/c1-22(2)19-33-30(38)28(18-23-12-6-5-7-13-23)35(20-24-14-8-9-15-25(24)31)29(37)21-36(41(39,40)34(3)4)27-17-11-10-16-26(27)32/h5-17,22,28H,18-21H2,1-4H3,(H,33,38)/t28-/m1/s1. The Morgan fingerprint density at radius 3 is 2.02 bits per heavy atom. The molecule has 1 atom stereocenters. The SMILES string of the molecule is CC(C)CNC(=O)[C@@H](Cc1ccccc1)N(Cc1ccccc1F)C(=O)CN(c1ccccc1F)S(=O)(=O)N(C)C. The molecule has 3 aromatic rings. The summed E-state index contributed by atoms with van der Waals surface area (Å²) in [5.41, 5.74) is 0.558. The van der Waals surface area contributed by atoms with E-state index in [1.165, 1.54) is 55.4 Å². The fourth-order valence-corrected chi connectivity index (χ4v) is 5.21. The maximum absolute atomic E-state index is 14.9. The lowest BCUT2D eigenvalue weighted by Crippen LogP contribution is -2.54. The number of carbonyl (C=O) groups is 2. The van der Waals surface area contributed by atoms with Crippen molar-refractivity contribution in [2.45, 2.75) is 32.9 Å². The summed E-state index contributed by atoms with van der Waals surface area (Å²) in [6.45, 7) is 3.05. The first-order valence-corrected chi connectivity index (χ1v) is 14.6. The molecule has 0 saturated carbocycles. The molecule has 0 radical (unpaired) electrons. The van der Waals surface area contributed by atoms with Gasteiger partial charge in [0.2, 0.25) is 11.8 Å². The lowest BCUT2D eigenvalue weighted by Gasteiger charge is -2.34.